The van der Waals surface area contributed by atoms with Crippen LogP contribution in [0, 0.1) is 11.3 Å². The van der Waals surface area contributed by atoms with Crippen molar-refractivity contribution in [2.24, 2.45) is 0 Å². The Morgan fingerprint density at radius 1 is 1.29 bits per heavy atom. The van der Waals surface area contributed by atoms with Gasteiger partial charge in [0.2, 0.25) is 5.91 Å². The number of hydrogen-bond donors (Lipinski definition) is 2. The predicted molar refractivity (Wildman–Crippen MR) is 82.2 cm³/mol. The minimum atomic E-state index is -2.57. The van der Waals surface area contributed by atoms with Crippen molar-refractivity contribution in [2.45, 2.75) is 25.2 Å². The molecule has 3 heterocycles. The molecule has 2 aliphatic rings. The van der Waals surface area contributed by atoms with E-state index < -0.39 is 18.8 Å². The first-order valence-electron chi connectivity index (χ1n) is 7.75. The summed E-state index contributed by atoms with van der Waals surface area (Å²) in [4.78, 5) is 19.7. The maximum Gasteiger partial charge on any atom is 0.254 e. The molecule has 7 nitrogen and oxygen atoms in total. The largest absolute Gasteiger partial charge is 0.368 e. The minimum absolute atomic E-state index is 0.203. The van der Waals surface area contributed by atoms with Gasteiger partial charge < -0.3 is 10.2 Å². The molecule has 2 fully saturated rings. The summed E-state index contributed by atoms with van der Waals surface area (Å²) < 4.78 is 25.8. The second kappa shape index (κ2) is 7.07. The van der Waals surface area contributed by atoms with Crippen molar-refractivity contribution in [3.63, 3.8) is 0 Å². The molecule has 1 amide bonds. The Balaban J connectivity index is 1.58. The highest BCUT2D eigenvalue weighted by Gasteiger charge is 2.35. The number of anilines is 1. The monoisotopic (exact) mass is 336 g/mol. The van der Waals surface area contributed by atoms with Gasteiger partial charge >= 0.3 is 0 Å². The number of amides is 1. The molecule has 24 heavy (non-hydrogen) atoms. The number of piperazine rings is 1. The highest BCUT2D eigenvalue weighted by molar-refractivity contribution is 5.77. The number of halogens is 2. The lowest BCUT2D eigenvalue weighted by Gasteiger charge is -2.43. The smallest absolute Gasteiger partial charge is 0.254 e. The number of aromatic nitrogens is 1. The normalized spacial score (nSPS) is 25.4. The number of alkyl halides is 2. The number of nitrogens with one attached hydrogen (secondary N) is 2. The summed E-state index contributed by atoms with van der Waals surface area (Å²) in [6, 6.07) is 4.38. The third kappa shape index (κ3) is 3.60. The molecule has 2 N–H and O–H groups in total. The van der Waals surface area contributed by atoms with E-state index in [0.717, 1.165) is 5.69 Å². The molecule has 2 aliphatic heterocycles. The molecule has 2 unspecified atom stereocenters. The average molecular weight is 336 g/mol. The minimum Gasteiger partial charge on any atom is -0.368 e. The van der Waals surface area contributed by atoms with E-state index in [9.17, 15) is 13.6 Å². The quantitative estimate of drug-likeness (QED) is 0.815. The first kappa shape index (κ1) is 16.5. The van der Waals surface area contributed by atoms with Gasteiger partial charge in [-0.15, -0.1) is 0 Å². The van der Waals surface area contributed by atoms with E-state index in [-0.39, 0.29) is 12.3 Å². The first-order valence-corrected chi connectivity index (χ1v) is 7.75. The van der Waals surface area contributed by atoms with Crippen molar-refractivity contribution in [3.05, 3.63) is 24.0 Å². The van der Waals surface area contributed by atoms with Gasteiger partial charge in [-0.25, -0.2) is 13.8 Å². The Hall–Kier alpha value is -2.31. The molecule has 0 radical (unpaired) electrons. The summed E-state index contributed by atoms with van der Waals surface area (Å²) in [5, 5.41) is 14.3. The molecule has 0 saturated carbocycles. The molecule has 0 aromatic carbocycles. The average Bonchev–Trinajstić information content (AvgIpc) is 2.61. The number of carbonyl (C=O) groups is 1. The molecule has 1 aromatic rings. The van der Waals surface area contributed by atoms with Crippen molar-refractivity contribution < 1.29 is 13.6 Å². The van der Waals surface area contributed by atoms with E-state index >= 15 is 0 Å². The zero-order valence-electron chi connectivity index (χ0n) is 13.0. The van der Waals surface area contributed by atoms with Gasteiger partial charge in [-0.1, -0.05) is 0 Å². The molecule has 0 bridgehead atoms. The van der Waals surface area contributed by atoms with Crippen LogP contribution in [-0.4, -0.2) is 60.7 Å². The fraction of sp³-hybridized carbons (Fsp3) is 0.533. The molecule has 128 valence electrons. The van der Waals surface area contributed by atoms with Crippen LogP contribution in [0.25, 0.3) is 0 Å². The molecule has 2 atom stereocenters. The lowest BCUT2D eigenvalue weighted by molar-refractivity contribution is -0.129. The van der Waals surface area contributed by atoms with Crippen molar-refractivity contribution in [2.75, 3.05) is 31.1 Å². The summed E-state index contributed by atoms with van der Waals surface area (Å²) >= 11 is 0. The highest BCUT2D eigenvalue weighted by Crippen LogP contribution is 2.17. The van der Waals surface area contributed by atoms with E-state index in [4.69, 9.17) is 5.26 Å². The van der Waals surface area contributed by atoms with Crippen LogP contribution in [0.4, 0.5) is 14.5 Å². The first-order chi connectivity index (χ1) is 11.6. The molecule has 3 rings (SSSR count). The van der Waals surface area contributed by atoms with E-state index in [1.165, 1.54) is 0 Å². The van der Waals surface area contributed by atoms with E-state index in [2.05, 4.69) is 20.5 Å². The van der Waals surface area contributed by atoms with Gasteiger partial charge in [-0.05, 0) is 12.1 Å². The topological polar surface area (TPSA) is 84.3 Å². The summed E-state index contributed by atoms with van der Waals surface area (Å²) in [5.41, 5.74) is 1.28. The number of carbonyl (C=O) groups excluding carboxylic acids is 1. The summed E-state index contributed by atoms with van der Waals surface area (Å²) in [6.07, 6.45) is -1.68. The SMILES string of the molecule is N#Cc1ccc(N2CCN(C3NC(=O)CC(C(F)F)N3)CC2)cn1. The van der Waals surface area contributed by atoms with Crippen LogP contribution in [0.3, 0.4) is 0 Å². The highest BCUT2D eigenvalue weighted by atomic mass is 19.3. The van der Waals surface area contributed by atoms with Gasteiger partial charge in [0.1, 0.15) is 18.1 Å². The summed E-state index contributed by atoms with van der Waals surface area (Å²) in [5.74, 6) is -0.359. The summed E-state index contributed by atoms with van der Waals surface area (Å²) in [6.45, 7) is 2.60. The Morgan fingerprint density at radius 3 is 2.62 bits per heavy atom. The summed E-state index contributed by atoms with van der Waals surface area (Å²) in [7, 11) is 0. The molecular formula is C15H18F2N6O. The number of pyridine rings is 1. The molecule has 2 saturated heterocycles. The molecular weight excluding hydrogens is 318 g/mol. The van der Waals surface area contributed by atoms with Crippen LogP contribution in [0.5, 0.6) is 0 Å². The standard InChI is InChI=1S/C15H18F2N6O/c16-14(17)12-7-13(24)21-15(20-12)23-5-3-22(4-6-23)11-2-1-10(8-18)19-9-11/h1-2,9,12,14-15,20H,3-7H2,(H,21,24). The number of nitriles is 1. The van der Waals surface area contributed by atoms with Crippen molar-refractivity contribution in [1.82, 2.24) is 20.5 Å². The van der Waals surface area contributed by atoms with Gasteiger partial charge in [0, 0.05) is 32.6 Å². The van der Waals surface area contributed by atoms with Gasteiger partial charge in [0.05, 0.1) is 17.9 Å². The maximum absolute atomic E-state index is 12.9. The van der Waals surface area contributed by atoms with E-state index in [1.807, 2.05) is 17.0 Å². The molecule has 9 heteroatoms. The van der Waals surface area contributed by atoms with Crippen molar-refractivity contribution >= 4 is 11.6 Å². The number of nitrogens with zero attached hydrogens (tertiary/aromatic N) is 4. The van der Waals surface area contributed by atoms with Crippen molar-refractivity contribution in [3.8, 4) is 6.07 Å². The van der Waals surface area contributed by atoms with Crippen LogP contribution in [0.2, 0.25) is 0 Å². The Kier molecular flexibility index (Phi) is 4.87. The lowest BCUT2D eigenvalue weighted by atomic mass is 10.1. The Morgan fingerprint density at radius 2 is 2.04 bits per heavy atom. The van der Waals surface area contributed by atoms with E-state index in [0.29, 0.717) is 31.9 Å². The van der Waals surface area contributed by atoms with Crippen LogP contribution in [-0.2, 0) is 4.79 Å². The number of hydrogen-bond acceptors (Lipinski definition) is 6. The number of rotatable bonds is 3. The Bertz CT molecular complexity index is 624. The van der Waals surface area contributed by atoms with Gasteiger partial charge in [0.25, 0.3) is 6.43 Å². The van der Waals surface area contributed by atoms with Crippen molar-refractivity contribution in [1.29, 1.82) is 5.26 Å². The maximum atomic E-state index is 12.9. The zero-order chi connectivity index (χ0) is 17.1. The second-order valence-corrected chi connectivity index (χ2v) is 5.82. The van der Waals surface area contributed by atoms with Crippen LogP contribution in [0.1, 0.15) is 12.1 Å². The molecule has 1 aromatic heterocycles. The van der Waals surface area contributed by atoms with Gasteiger partial charge in [-0.2, -0.15) is 5.26 Å². The third-order valence-corrected chi connectivity index (χ3v) is 4.29. The van der Waals surface area contributed by atoms with Crippen LogP contribution in [0.15, 0.2) is 18.3 Å². The van der Waals surface area contributed by atoms with Crippen LogP contribution >= 0.6 is 0 Å². The Labute approximate surface area is 138 Å². The molecule has 0 aliphatic carbocycles. The van der Waals surface area contributed by atoms with E-state index in [1.54, 1.807) is 12.3 Å². The van der Waals surface area contributed by atoms with Gasteiger partial charge in [0.15, 0.2) is 0 Å². The second-order valence-electron chi connectivity index (χ2n) is 5.82. The van der Waals surface area contributed by atoms with Gasteiger partial charge in [-0.3, -0.25) is 15.0 Å². The fourth-order valence-electron chi connectivity index (χ4n) is 2.95. The predicted octanol–water partition coefficient (Wildman–Crippen LogP) is 0.102. The zero-order valence-corrected chi connectivity index (χ0v) is 13.0. The third-order valence-electron chi connectivity index (χ3n) is 4.29. The van der Waals surface area contributed by atoms with Crippen LogP contribution < -0.4 is 15.5 Å². The lowest BCUT2D eigenvalue weighted by Crippen LogP contribution is -2.67. The molecule has 0 spiro atoms. The fourth-order valence-corrected chi connectivity index (χ4v) is 2.95.